The standard InChI is InChI=1S/C31H35F3N4O3/c1-3-41-29(39)25-8-6-21(7-9-25)5-4-14-37-17-22(18-37)19-38(30(40)31(32,33)34)28-15-27(28)24-12-10-23(11-13-24)26-16-35-36(2)20-26/h6-13,16,20,22,27-28H,3-5,14-15,17-19H2,1-2H3. The average molecular weight is 569 g/mol. The first-order valence-corrected chi connectivity index (χ1v) is 14.1. The molecule has 218 valence electrons. The summed E-state index contributed by atoms with van der Waals surface area (Å²) in [6, 6.07) is 14.7. The first-order chi connectivity index (χ1) is 19.6. The Morgan fingerprint density at radius 1 is 1.05 bits per heavy atom. The summed E-state index contributed by atoms with van der Waals surface area (Å²) in [5, 5.41) is 4.18. The van der Waals surface area contributed by atoms with E-state index in [1.54, 1.807) is 29.9 Å². The Hall–Kier alpha value is -3.66. The Kier molecular flexibility index (Phi) is 8.49. The molecular weight excluding hydrogens is 533 g/mol. The first kappa shape index (κ1) is 28.9. The van der Waals surface area contributed by atoms with Crippen LogP contribution in [-0.2, 0) is 23.0 Å². The van der Waals surface area contributed by atoms with Crippen LogP contribution in [0.25, 0.3) is 11.1 Å². The molecule has 0 spiro atoms. The van der Waals surface area contributed by atoms with Gasteiger partial charge in [0.1, 0.15) is 0 Å². The third-order valence-electron chi connectivity index (χ3n) is 7.93. The topological polar surface area (TPSA) is 67.7 Å². The summed E-state index contributed by atoms with van der Waals surface area (Å²) in [4.78, 5) is 27.5. The van der Waals surface area contributed by atoms with Crippen molar-refractivity contribution >= 4 is 11.9 Å². The zero-order valence-electron chi connectivity index (χ0n) is 23.3. The molecule has 1 saturated carbocycles. The van der Waals surface area contributed by atoms with E-state index in [-0.39, 0.29) is 24.3 Å². The SMILES string of the molecule is CCOC(=O)c1ccc(CCCN2CC(CN(C(=O)C(F)(F)F)C3CC3c3ccc(-c4cnn(C)c4)cc3)C2)cc1. The number of likely N-dealkylation sites (tertiary alicyclic amines) is 1. The second kappa shape index (κ2) is 12.1. The van der Waals surface area contributed by atoms with E-state index in [4.69, 9.17) is 4.74 Å². The molecule has 2 heterocycles. The molecule has 10 heteroatoms. The third-order valence-corrected chi connectivity index (χ3v) is 7.93. The molecule has 5 rings (SSSR count). The first-order valence-electron chi connectivity index (χ1n) is 14.1. The smallest absolute Gasteiger partial charge is 0.462 e. The van der Waals surface area contributed by atoms with Crippen LogP contribution in [0.5, 0.6) is 0 Å². The Bertz CT molecular complexity index is 1350. The number of nitrogens with zero attached hydrogens (tertiary/aromatic N) is 4. The average Bonchev–Trinajstić information content (AvgIpc) is 3.60. The zero-order valence-corrected chi connectivity index (χ0v) is 23.3. The maximum Gasteiger partial charge on any atom is 0.471 e. The molecule has 7 nitrogen and oxygen atoms in total. The van der Waals surface area contributed by atoms with Crippen LogP contribution in [0.2, 0.25) is 0 Å². The van der Waals surface area contributed by atoms with Gasteiger partial charge in [0.15, 0.2) is 0 Å². The number of carbonyl (C=O) groups is 2. The number of benzene rings is 2. The Labute approximate surface area is 237 Å². The van der Waals surface area contributed by atoms with Crippen LogP contribution in [0.3, 0.4) is 0 Å². The van der Waals surface area contributed by atoms with E-state index in [0.717, 1.165) is 46.5 Å². The van der Waals surface area contributed by atoms with Crippen LogP contribution < -0.4 is 0 Å². The van der Waals surface area contributed by atoms with Crippen LogP contribution in [0.4, 0.5) is 13.2 Å². The number of carbonyl (C=O) groups excluding carboxylic acids is 2. The lowest BCUT2D eigenvalue weighted by molar-refractivity contribution is -0.187. The number of hydrogen-bond acceptors (Lipinski definition) is 5. The normalized spacial score (nSPS) is 19.0. The summed E-state index contributed by atoms with van der Waals surface area (Å²) in [5.74, 6) is -2.13. The number of esters is 1. The summed E-state index contributed by atoms with van der Waals surface area (Å²) in [6.07, 6.45) is 1.07. The highest BCUT2D eigenvalue weighted by Crippen LogP contribution is 2.46. The van der Waals surface area contributed by atoms with Gasteiger partial charge in [-0.15, -0.1) is 0 Å². The summed E-state index contributed by atoms with van der Waals surface area (Å²) >= 11 is 0. The molecule has 2 aromatic carbocycles. The minimum absolute atomic E-state index is 0.0272. The van der Waals surface area contributed by atoms with E-state index in [9.17, 15) is 22.8 Å². The van der Waals surface area contributed by atoms with Crippen molar-refractivity contribution in [2.75, 3.05) is 32.8 Å². The molecule has 2 aliphatic rings. The van der Waals surface area contributed by atoms with Crippen molar-refractivity contribution in [2.45, 2.75) is 44.3 Å². The Balaban J connectivity index is 1.11. The molecule has 2 atom stereocenters. The van der Waals surface area contributed by atoms with Crippen LogP contribution in [-0.4, -0.2) is 76.5 Å². The van der Waals surface area contributed by atoms with Crippen molar-refractivity contribution in [2.24, 2.45) is 13.0 Å². The largest absolute Gasteiger partial charge is 0.471 e. The number of hydrogen-bond donors (Lipinski definition) is 0. The van der Waals surface area contributed by atoms with Crippen molar-refractivity contribution < 1.29 is 27.5 Å². The maximum atomic E-state index is 13.5. The number of aromatic nitrogens is 2. The van der Waals surface area contributed by atoms with Gasteiger partial charge < -0.3 is 14.5 Å². The van der Waals surface area contributed by atoms with Gasteiger partial charge in [0.05, 0.1) is 18.4 Å². The van der Waals surface area contributed by atoms with Gasteiger partial charge in [-0.1, -0.05) is 36.4 Å². The van der Waals surface area contributed by atoms with Gasteiger partial charge in [-0.25, -0.2) is 4.79 Å². The van der Waals surface area contributed by atoms with Crippen molar-refractivity contribution in [1.29, 1.82) is 0 Å². The van der Waals surface area contributed by atoms with Crippen molar-refractivity contribution in [3.8, 4) is 11.1 Å². The number of rotatable bonds is 11. The predicted molar refractivity (Wildman–Crippen MR) is 148 cm³/mol. The lowest BCUT2D eigenvalue weighted by atomic mass is 9.98. The third kappa shape index (κ3) is 6.98. The molecule has 0 radical (unpaired) electrons. The summed E-state index contributed by atoms with van der Waals surface area (Å²) < 4.78 is 47.2. The lowest BCUT2D eigenvalue weighted by Crippen LogP contribution is -2.54. The summed E-state index contributed by atoms with van der Waals surface area (Å²) in [6.45, 7) is 4.42. The number of ether oxygens (including phenoxy) is 1. The molecule has 1 aliphatic heterocycles. The number of amides is 1. The van der Waals surface area contributed by atoms with Crippen LogP contribution >= 0.6 is 0 Å². The fraction of sp³-hybridized carbons (Fsp3) is 0.452. The van der Waals surface area contributed by atoms with Crippen LogP contribution in [0.15, 0.2) is 60.9 Å². The highest BCUT2D eigenvalue weighted by atomic mass is 19.4. The molecule has 1 aromatic heterocycles. The lowest BCUT2D eigenvalue weighted by Gasteiger charge is -2.42. The van der Waals surface area contributed by atoms with Crippen molar-refractivity contribution in [3.63, 3.8) is 0 Å². The minimum Gasteiger partial charge on any atom is -0.462 e. The molecule has 3 aromatic rings. The quantitative estimate of drug-likeness (QED) is 0.302. The van der Waals surface area contributed by atoms with E-state index in [1.807, 2.05) is 49.6 Å². The maximum absolute atomic E-state index is 13.5. The highest BCUT2D eigenvalue weighted by molar-refractivity contribution is 5.89. The Morgan fingerprint density at radius 2 is 1.76 bits per heavy atom. The molecule has 41 heavy (non-hydrogen) atoms. The van der Waals surface area contributed by atoms with Gasteiger partial charge in [-0.3, -0.25) is 9.48 Å². The predicted octanol–water partition coefficient (Wildman–Crippen LogP) is 5.08. The van der Waals surface area contributed by atoms with E-state index >= 15 is 0 Å². The van der Waals surface area contributed by atoms with Crippen LogP contribution in [0, 0.1) is 5.92 Å². The monoisotopic (exact) mass is 568 g/mol. The molecule has 1 amide bonds. The van der Waals surface area contributed by atoms with Gasteiger partial charge in [0.25, 0.3) is 0 Å². The minimum atomic E-state index is -4.89. The second-order valence-electron chi connectivity index (χ2n) is 11.0. The fourth-order valence-corrected chi connectivity index (χ4v) is 5.69. The fourth-order valence-electron chi connectivity index (χ4n) is 5.69. The van der Waals surface area contributed by atoms with Crippen molar-refractivity contribution in [1.82, 2.24) is 19.6 Å². The molecule has 2 fully saturated rings. The second-order valence-corrected chi connectivity index (χ2v) is 11.0. The van der Waals surface area contributed by atoms with Gasteiger partial charge in [0.2, 0.25) is 0 Å². The number of alkyl halides is 3. The van der Waals surface area contributed by atoms with E-state index in [2.05, 4.69) is 10.00 Å². The number of aryl methyl sites for hydroxylation is 2. The van der Waals surface area contributed by atoms with Gasteiger partial charge in [-0.05, 0) is 61.6 Å². The molecule has 1 aliphatic carbocycles. The van der Waals surface area contributed by atoms with E-state index in [1.165, 1.54) is 0 Å². The Morgan fingerprint density at radius 3 is 2.37 bits per heavy atom. The molecule has 1 saturated heterocycles. The summed E-state index contributed by atoms with van der Waals surface area (Å²) in [7, 11) is 1.84. The molecular formula is C31H35F3N4O3. The van der Waals surface area contributed by atoms with Crippen molar-refractivity contribution in [3.05, 3.63) is 77.6 Å². The van der Waals surface area contributed by atoms with Crippen LogP contribution in [0.1, 0.15) is 47.2 Å². The summed E-state index contributed by atoms with van der Waals surface area (Å²) in [5.41, 5.74) is 4.56. The van der Waals surface area contributed by atoms with Gasteiger partial charge >= 0.3 is 18.1 Å². The number of halogens is 3. The van der Waals surface area contributed by atoms with Gasteiger partial charge in [0, 0.05) is 56.3 Å². The zero-order chi connectivity index (χ0) is 29.1. The molecule has 2 unspecified atom stereocenters. The van der Waals surface area contributed by atoms with E-state index in [0.29, 0.717) is 31.7 Å². The van der Waals surface area contributed by atoms with E-state index < -0.39 is 18.1 Å². The molecule has 0 N–H and O–H groups in total. The highest BCUT2D eigenvalue weighted by Gasteiger charge is 2.52. The van der Waals surface area contributed by atoms with Gasteiger partial charge in [-0.2, -0.15) is 18.3 Å². The molecule has 0 bridgehead atoms.